The van der Waals surface area contributed by atoms with Crippen LogP contribution in [0.3, 0.4) is 0 Å². The van der Waals surface area contributed by atoms with Gasteiger partial charge < -0.3 is 14.9 Å². The number of aromatic hydroxyl groups is 2. The maximum absolute atomic E-state index is 12.5. The van der Waals surface area contributed by atoms with E-state index in [4.69, 9.17) is 0 Å². The number of rotatable bonds is 5. The number of benzene rings is 2. The number of ketones is 1. The van der Waals surface area contributed by atoms with Crippen molar-refractivity contribution in [2.45, 2.75) is 12.8 Å². The molecule has 0 atom stereocenters. The highest BCUT2D eigenvalue weighted by molar-refractivity contribution is 9.10. The van der Waals surface area contributed by atoms with Crippen molar-refractivity contribution in [1.29, 1.82) is 0 Å². The molecule has 120 valence electrons. The Hall–Kier alpha value is -2.34. The van der Waals surface area contributed by atoms with Crippen LogP contribution in [0.25, 0.3) is 0 Å². The zero-order chi connectivity index (χ0) is 17.0. The maximum Gasteiger partial charge on any atom is 0.305 e. The van der Waals surface area contributed by atoms with Gasteiger partial charge in [0.2, 0.25) is 0 Å². The molecule has 0 aliphatic carbocycles. The van der Waals surface area contributed by atoms with Gasteiger partial charge in [0, 0.05) is 16.5 Å². The molecule has 0 aliphatic heterocycles. The van der Waals surface area contributed by atoms with Crippen LogP contribution >= 0.6 is 15.9 Å². The van der Waals surface area contributed by atoms with Gasteiger partial charge in [0.1, 0.15) is 11.5 Å². The quantitative estimate of drug-likeness (QED) is 0.616. The number of hydrogen-bond donors (Lipinski definition) is 2. The first-order chi connectivity index (χ1) is 10.9. The van der Waals surface area contributed by atoms with Gasteiger partial charge in [-0.1, -0.05) is 15.9 Å². The molecule has 0 radical (unpaired) electrons. The molecule has 0 unspecified atom stereocenters. The Balaban J connectivity index is 2.29. The monoisotopic (exact) mass is 378 g/mol. The highest BCUT2D eigenvalue weighted by Gasteiger charge is 2.16. The summed E-state index contributed by atoms with van der Waals surface area (Å²) in [7, 11) is 1.29. The Kier molecular flexibility index (Phi) is 5.39. The first-order valence-electron chi connectivity index (χ1n) is 6.84. The third kappa shape index (κ3) is 4.10. The Morgan fingerprint density at radius 2 is 1.83 bits per heavy atom. The fourth-order valence-electron chi connectivity index (χ4n) is 2.12. The van der Waals surface area contributed by atoms with E-state index in [1.54, 1.807) is 6.07 Å². The topological polar surface area (TPSA) is 83.8 Å². The largest absolute Gasteiger partial charge is 0.508 e. The predicted octanol–water partition coefficient (Wildman–Crippen LogP) is 3.20. The van der Waals surface area contributed by atoms with Crippen LogP contribution in [-0.4, -0.2) is 29.1 Å². The number of halogens is 1. The second-order valence-electron chi connectivity index (χ2n) is 4.91. The fourth-order valence-corrected chi connectivity index (χ4v) is 2.47. The number of methoxy groups -OCH3 is 1. The minimum atomic E-state index is -0.397. The van der Waals surface area contributed by atoms with Crippen LogP contribution in [0, 0.1) is 0 Å². The molecule has 0 fully saturated rings. The van der Waals surface area contributed by atoms with Crippen molar-refractivity contribution >= 4 is 27.7 Å². The molecule has 5 nitrogen and oxygen atoms in total. The van der Waals surface area contributed by atoms with E-state index in [0.29, 0.717) is 15.6 Å². The van der Waals surface area contributed by atoms with Crippen LogP contribution in [0.5, 0.6) is 11.5 Å². The molecule has 2 N–H and O–H groups in total. The van der Waals surface area contributed by atoms with Crippen molar-refractivity contribution in [1.82, 2.24) is 0 Å². The van der Waals surface area contributed by atoms with Gasteiger partial charge in [-0.2, -0.15) is 0 Å². The van der Waals surface area contributed by atoms with Crippen molar-refractivity contribution in [2.75, 3.05) is 7.11 Å². The minimum Gasteiger partial charge on any atom is -0.508 e. The van der Waals surface area contributed by atoms with Crippen molar-refractivity contribution in [3.05, 3.63) is 57.6 Å². The molecular weight excluding hydrogens is 364 g/mol. The van der Waals surface area contributed by atoms with Gasteiger partial charge in [0.15, 0.2) is 5.78 Å². The Labute approximate surface area is 141 Å². The van der Waals surface area contributed by atoms with E-state index < -0.39 is 5.97 Å². The van der Waals surface area contributed by atoms with Gasteiger partial charge >= 0.3 is 5.97 Å². The van der Waals surface area contributed by atoms with Gasteiger partial charge in [-0.25, -0.2) is 0 Å². The van der Waals surface area contributed by atoms with E-state index >= 15 is 0 Å². The number of carbonyl (C=O) groups excluding carboxylic acids is 2. The van der Waals surface area contributed by atoms with Crippen molar-refractivity contribution in [3.63, 3.8) is 0 Å². The van der Waals surface area contributed by atoms with Crippen molar-refractivity contribution in [2.24, 2.45) is 0 Å². The summed E-state index contributed by atoms with van der Waals surface area (Å²) in [6.07, 6.45) is 0.358. The van der Waals surface area contributed by atoms with Crippen molar-refractivity contribution < 1.29 is 24.5 Å². The minimum absolute atomic E-state index is 0.00508. The third-order valence-electron chi connectivity index (χ3n) is 3.37. The first-order valence-corrected chi connectivity index (χ1v) is 7.63. The van der Waals surface area contributed by atoms with E-state index in [2.05, 4.69) is 20.7 Å². The summed E-state index contributed by atoms with van der Waals surface area (Å²) in [6.45, 7) is 0. The molecule has 2 rings (SSSR count). The number of aryl methyl sites for hydroxylation is 1. The molecule has 0 saturated carbocycles. The number of carbonyl (C=O) groups is 2. The van der Waals surface area contributed by atoms with Gasteiger partial charge in [-0.3, -0.25) is 9.59 Å². The molecule has 0 amide bonds. The molecule has 2 aromatic carbocycles. The lowest BCUT2D eigenvalue weighted by atomic mass is 9.98. The standard InChI is InChI=1S/C17H15BrO5/c1-23-16(21)7-3-10-8-11(2-6-14(10)19)17(22)13-5-4-12(18)9-15(13)20/h2,4-6,8-9,19-20H,3,7H2,1H3. The van der Waals surface area contributed by atoms with Crippen LogP contribution in [0.1, 0.15) is 27.9 Å². The Morgan fingerprint density at radius 1 is 1.09 bits per heavy atom. The average Bonchev–Trinajstić information content (AvgIpc) is 2.53. The van der Waals surface area contributed by atoms with E-state index in [-0.39, 0.29) is 35.7 Å². The smallest absolute Gasteiger partial charge is 0.305 e. The fraction of sp³-hybridized carbons (Fsp3) is 0.176. The number of phenolic OH excluding ortho intramolecular Hbond substituents is 2. The highest BCUT2D eigenvalue weighted by Crippen LogP contribution is 2.27. The van der Waals surface area contributed by atoms with Gasteiger partial charge in [-0.15, -0.1) is 0 Å². The van der Waals surface area contributed by atoms with Crippen LogP contribution in [0.4, 0.5) is 0 Å². The lowest BCUT2D eigenvalue weighted by Gasteiger charge is -2.08. The molecule has 0 spiro atoms. The second kappa shape index (κ2) is 7.28. The molecule has 0 aromatic heterocycles. The van der Waals surface area contributed by atoms with E-state index in [1.165, 1.54) is 37.4 Å². The Bertz CT molecular complexity index is 755. The molecule has 6 heteroatoms. The molecule has 2 aromatic rings. The first kappa shape index (κ1) is 17.0. The van der Waals surface area contributed by atoms with Crippen LogP contribution in [0.15, 0.2) is 40.9 Å². The van der Waals surface area contributed by atoms with Crippen LogP contribution in [0.2, 0.25) is 0 Å². The summed E-state index contributed by atoms with van der Waals surface area (Å²) in [5.41, 5.74) is 0.955. The van der Waals surface area contributed by atoms with Gasteiger partial charge in [0.25, 0.3) is 0 Å². The number of hydrogen-bond acceptors (Lipinski definition) is 5. The molecular formula is C17H15BrO5. The van der Waals surface area contributed by atoms with Gasteiger partial charge in [0.05, 0.1) is 12.7 Å². The third-order valence-corrected chi connectivity index (χ3v) is 3.87. The zero-order valence-corrected chi connectivity index (χ0v) is 14.0. The van der Waals surface area contributed by atoms with E-state index in [1.807, 2.05) is 0 Å². The summed E-state index contributed by atoms with van der Waals surface area (Å²) in [6, 6.07) is 9.00. The number of esters is 1. The zero-order valence-electron chi connectivity index (χ0n) is 12.4. The lowest BCUT2D eigenvalue weighted by Crippen LogP contribution is -2.05. The number of phenols is 2. The average molecular weight is 379 g/mol. The lowest BCUT2D eigenvalue weighted by molar-refractivity contribution is -0.140. The summed E-state index contributed by atoms with van der Waals surface area (Å²) >= 11 is 3.22. The van der Waals surface area contributed by atoms with Crippen molar-refractivity contribution in [3.8, 4) is 11.5 Å². The molecule has 0 aliphatic rings. The predicted molar refractivity (Wildman–Crippen MR) is 87.7 cm³/mol. The molecule has 0 saturated heterocycles. The summed E-state index contributed by atoms with van der Waals surface area (Å²) in [5.74, 6) is -0.889. The Morgan fingerprint density at radius 3 is 2.48 bits per heavy atom. The molecule has 23 heavy (non-hydrogen) atoms. The maximum atomic E-state index is 12.5. The summed E-state index contributed by atoms with van der Waals surface area (Å²) < 4.78 is 5.22. The molecule has 0 bridgehead atoms. The molecule has 0 heterocycles. The normalized spacial score (nSPS) is 10.3. The van der Waals surface area contributed by atoms with Gasteiger partial charge in [-0.05, 0) is 48.4 Å². The SMILES string of the molecule is COC(=O)CCc1cc(C(=O)c2ccc(Br)cc2O)ccc1O. The second-order valence-corrected chi connectivity index (χ2v) is 5.83. The van der Waals surface area contributed by atoms with E-state index in [9.17, 15) is 19.8 Å². The number of ether oxygens (including phenoxy) is 1. The van der Waals surface area contributed by atoms with E-state index in [0.717, 1.165) is 0 Å². The highest BCUT2D eigenvalue weighted by atomic mass is 79.9. The summed E-state index contributed by atoms with van der Waals surface area (Å²) in [5, 5.41) is 19.7. The van der Waals surface area contributed by atoms with Crippen LogP contribution < -0.4 is 0 Å². The summed E-state index contributed by atoms with van der Waals surface area (Å²) in [4.78, 5) is 23.7. The van der Waals surface area contributed by atoms with Crippen LogP contribution in [-0.2, 0) is 16.0 Å².